The van der Waals surface area contributed by atoms with Gasteiger partial charge in [-0.2, -0.15) is 17.0 Å². The van der Waals surface area contributed by atoms with Gasteiger partial charge >= 0.3 is 0 Å². The Morgan fingerprint density at radius 3 is 2.84 bits per heavy atom. The first kappa shape index (κ1) is 14.4. The smallest absolute Gasteiger partial charge is 0.281 e. The van der Waals surface area contributed by atoms with E-state index in [1.165, 1.54) is 8.61 Å². The molecule has 2 heterocycles. The molecule has 1 atom stereocenters. The minimum atomic E-state index is -3.43. The van der Waals surface area contributed by atoms with E-state index in [4.69, 9.17) is 4.74 Å². The Bertz CT molecular complexity index is 526. The van der Waals surface area contributed by atoms with Crippen LogP contribution < -0.4 is 0 Å². The number of fused-ring (bicyclic) bond motifs is 1. The predicted molar refractivity (Wildman–Crippen MR) is 70.6 cm³/mol. The zero-order chi connectivity index (χ0) is 14.0. The number of aromatic nitrogens is 2. The molecule has 0 bridgehead atoms. The molecule has 0 radical (unpaired) electrons. The quantitative estimate of drug-likeness (QED) is 0.767. The summed E-state index contributed by atoms with van der Waals surface area (Å²) in [7, 11) is 1.29. The van der Waals surface area contributed by atoms with Crippen LogP contribution in [0.25, 0.3) is 0 Å². The van der Waals surface area contributed by atoms with Gasteiger partial charge in [-0.25, -0.2) is 4.98 Å². The number of hydrogen-bond donors (Lipinski definition) is 0. The molecule has 0 saturated carbocycles. The highest BCUT2D eigenvalue weighted by Crippen LogP contribution is 2.20. The summed E-state index contributed by atoms with van der Waals surface area (Å²) in [6.07, 6.45) is 3.46. The highest BCUT2D eigenvalue weighted by Gasteiger charge is 2.31. The molecule has 0 saturated heterocycles. The fraction of sp³-hybridized carbons (Fsp3) is 0.727. The van der Waals surface area contributed by atoms with Gasteiger partial charge < -0.3 is 9.30 Å². The lowest BCUT2D eigenvalue weighted by atomic mass is 10.1. The number of hydrogen-bond acceptors (Lipinski definition) is 4. The Morgan fingerprint density at radius 1 is 1.47 bits per heavy atom. The second-order valence-electron chi connectivity index (χ2n) is 4.94. The van der Waals surface area contributed by atoms with Crippen molar-refractivity contribution in [3.05, 3.63) is 18.2 Å². The fourth-order valence-electron chi connectivity index (χ4n) is 2.26. The van der Waals surface area contributed by atoms with Gasteiger partial charge in [-0.1, -0.05) is 0 Å². The molecule has 108 valence electrons. The van der Waals surface area contributed by atoms with Crippen LogP contribution in [0.1, 0.15) is 5.69 Å². The molecule has 1 aromatic heterocycles. The summed E-state index contributed by atoms with van der Waals surface area (Å²) in [5.41, 5.74) is 0.907. The van der Waals surface area contributed by atoms with Gasteiger partial charge in [0.25, 0.3) is 10.2 Å². The average Bonchev–Trinajstić information content (AvgIpc) is 2.68. The van der Waals surface area contributed by atoms with Gasteiger partial charge in [0.1, 0.15) is 0 Å². The van der Waals surface area contributed by atoms with Gasteiger partial charge in [0.05, 0.1) is 25.2 Å². The lowest BCUT2D eigenvalue weighted by Gasteiger charge is -2.26. The van der Waals surface area contributed by atoms with Gasteiger partial charge in [-0.05, 0) is 0 Å². The molecule has 7 nitrogen and oxygen atoms in total. The minimum Gasteiger partial charge on any atom is -0.384 e. The Labute approximate surface area is 114 Å². The molecule has 0 fully saturated rings. The molecule has 0 unspecified atom stereocenters. The minimum absolute atomic E-state index is 0.121. The number of rotatable bonds is 4. The summed E-state index contributed by atoms with van der Waals surface area (Å²) in [6, 6.07) is 0. The Kier molecular flexibility index (Phi) is 4.24. The van der Waals surface area contributed by atoms with Crippen molar-refractivity contribution in [2.24, 2.45) is 5.92 Å². The van der Waals surface area contributed by atoms with Crippen molar-refractivity contribution < 1.29 is 13.2 Å². The van der Waals surface area contributed by atoms with Crippen molar-refractivity contribution in [3.63, 3.8) is 0 Å². The second-order valence-corrected chi connectivity index (χ2v) is 7.08. The molecule has 19 heavy (non-hydrogen) atoms. The molecule has 0 spiro atoms. The molecular weight excluding hydrogens is 268 g/mol. The predicted octanol–water partition coefficient (Wildman–Crippen LogP) is -0.232. The number of ether oxygens (including phenoxy) is 1. The third-order valence-corrected chi connectivity index (χ3v) is 5.10. The lowest BCUT2D eigenvalue weighted by molar-refractivity contribution is 0.134. The average molecular weight is 288 g/mol. The van der Waals surface area contributed by atoms with E-state index in [0.717, 1.165) is 12.2 Å². The number of nitrogens with zero attached hydrogens (tertiary/aromatic N) is 4. The van der Waals surface area contributed by atoms with E-state index in [0.29, 0.717) is 19.7 Å². The number of methoxy groups -OCH3 is 1. The van der Waals surface area contributed by atoms with Crippen molar-refractivity contribution in [2.75, 3.05) is 34.4 Å². The van der Waals surface area contributed by atoms with E-state index >= 15 is 0 Å². The van der Waals surface area contributed by atoms with Crippen LogP contribution in [0.2, 0.25) is 0 Å². The molecular formula is C11H20N4O3S. The van der Waals surface area contributed by atoms with E-state index < -0.39 is 10.2 Å². The number of imidazole rings is 1. The lowest BCUT2D eigenvalue weighted by Crippen LogP contribution is -2.42. The summed E-state index contributed by atoms with van der Waals surface area (Å²) in [4.78, 5) is 4.09. The van der Waals surface area contributed by atoms with Crippen LogP contribution in [0.4, 0.5) is 0 Å². The SMILES string of the molecule is COC[C@@H]1CN(S(=O)(=O)N(C)C)Cc2cncn2C1. The molecule has 8 heteroatoms. The summed E-state index contributed by atoms with van der Waals surface area (Å²) in [6.45, 7) is 2.05. The molecule has 0 amide bonds. The van der Waals surface area contributed by atoms with Crippen LogP contribution in [0.5, 0.6) is 0 Å². The van der Waals surface area contributed by atoms with Gasteiger partial charge in [0.15, 0.2) is 0 Å². The van der Waals surface area contributed by atoms with Crippen molar-refractivity contribution >= 4 is 10.2 Å². The maximum Gasteiger partial charge on any atom is 0.281 e. The summed E-state index contributed by atoms with van der Waals surface area (Å²) in [5.74, 6) is 0.121. The Hall–Kier alpha value is -0.960. The Balaban J connectivity index is 2.30. The van der Waals surface area contributed by atoms with Gasteiger partial charge in [0, 0.05) is 46.4 Å². The van der Waals surface area contributed by atoms with E-state index in [1.54, 1.807) is 33.7 Å². The fourth-order valence-corrected chi connectivity index (χ4v) is 3.42. The molecule has 1 aliphatic rings. The van der Waals surface area contributed by atoms with Crippen molar-refractivity contribution in [3.8, 4) is 0 Å². The first-order chi connectivity index (χ1) is 8.95. The van der Waals surface area contributed by atoms with Crippen LogP contribution in [-0.4, -0.2) is 60.9 Å². The zero-order valence-corrected chi connectivity index (χ0v) is 12.3. The molecule has 1 aromatic rings. The summed E-state index contributed by atoms with van der Waals surface area (Å²) >= 11 is 0. The zero-order valence-electron chi connectivity index (χ0n) is 11.5. The van der Waals surface area contributed by atoms with Crippen molar-refractivity contribution in [1.29, 1.82) is 0 Å². The van der Waals surface area contributed by atoms with Crippen LogP contribution in [0.3, 0.4) is 0 Å². The summed E-state index contributed by atoms with van der Waals surface area (Å²) < 4.78 is 34.5. The first-order valence-electron chi connectivity index (χ1n) is 6.10. The maximum atomic E-state index is 12.3. The van der Waals surface area contributed by atoms with E-state index in [1.807, 2.05) is 4.57 Å². The van der Waals surface area contributed by atoms with Crippen LogP contribution in [0, 0.1) is 5.92 Å². The highest BCUT2D eigenvalue weighted by molar-refractivity contribution is 7.86. The first-order valence-corrected chi connectivity index (χ1v) is 7.50. The van der Waals surface area contributed by atoms with Gasteiger partial charge in [-0.3, -0.25) is 0 Å². The van der Waals surface area contributed by atoms with Crippen molar-refractivity contribution in [2.45, 2.75) is 13.1 Å². The normalized spacial score (nSPS) is 21.4. The third-order valence-electron chi connectivity index (χ3n) is 3.24. The standard InChI is InChI=1S/C11H20N4O3S/c1-13(2)19(16,17)15-6-10(8-18-3)5-14-9-12-4-11(14)7-15/h4,9-10H,5-8H2,1-3H3/t10-/m0/s1. The molecule has 1 aliphatic heterocycles. The largest absolute Gasteiger partial charge is 0.384 e. The van der Waals surface area contributed by atoms with Gasteiger partial charge in [-0.15, -0.1) is 0 Å². The summed E-state index contributed by atoms with van der Waals surface area (Å²) in [5, 5.41) is 0. The van der Waals surface area contributed by atoms with Crippen LogP contribution in [-0.2, 0) is 28.0 Å². The Morgan fingerprint density at radius 2 is 2.21 bits per heavy atom. The van der Waals surface area contributed by atoms with Gasteiger partial charge in [0.2, 0.25) is 0 Å². The van der Waals surface area contributed by atoms with Crippen LogP contribution >= 0.6 is 0 Å². The molecule has 0 aromatic carbocycles. The molecule has 0 aliphatic carbocycles. The molecule has 2 rings (SSSR count). The third kappa shape index (κ3) is 2.97. The van der Waals surface area contributed by atoms with Crippen LogP contribution in [0.15, 0.2) is 12.5 Å². The van der Waals surface area contributed by atoms with Crippen molar-refractivity contribution in [1.82, 2.24) is 18.2 Å². The van der Waals surface area contributed by atoms with E-state index in [2.05, 4.69) is 4.98 Å². The van der Waals surface area contributed by atoms with E-state index in [-0.39, 0.29) is 5.92 Å². The van der Waals surface area contributed by atoms with E-state index in [9.17, 15) is 8.42 Å². The topological polar surface area (TPSA) is 67.7 Å². The second kappa shape index (κ2) is 5.58. The highest BCUT2D eigenvalue weighted by atomic mass is 32.2. The monoisotopic (exact) mass is 288 g/mol. The maximum absolute atomic E-state index is 12.3. The molecule has 0 N–H and O–H groups in total.